The van der Waals surface area contributed by atoms with Crippen LogP contribution in [0.2, 0.25) is 0 Å². The molecule has 0 saturated heterocycles. The van der Waals surface area contributed by atoms with Crippen LogP contribution >= 0.6 is 0 Å². The standard InChI is InChI=1S/C57H35BN2/c1-32-25-27-42-53-47(32)48-33(2)26-29-44-55(48)60(53)54-43(57(42)40-23-13-11-21-38(40)39-22-12-14-24-41(39)57)28-30-46-51(54)58(44)45-31-36-19-9-10-20-37(36)50-49(34-15-5-3-6-16-34)52(59(46)56(45)50)35-17-7-4-8-18-35/h3-31H,1-2H3. The van der Waals surface area contributed by atoms with Crippen molar-refractivity contribution < 1.29 is 0 Å². The van der Waals surface area contributed by atoms with Gasteiger partial charge in [-0.05, 0) is 103 Å². The van der Waals surface area contributed by atoms with Crippen molar-refractivity contribution in [3.05, 3.63) is 209 Å². The second-order valence-corrected chi connectivity index (χ2v) is 17.6. The summed E-state index contributed by atoms with van der Waals surface area (Å²) in [5.74, 6) is 0. The summed E-state index contributed by atoms with van der Waals surface area (Å²) >= 11 is 0. The number of aryl methyl sites for hydroxylation is 2. The molecule has 2 aromatic heterocycles. The summed E-state index contributed by atoms with van der Waals surface area (Å²) in [5.41, 5.74) is 26.3. The molecule has 5 heterocycles. The number of fused-ring (bicyclic) bond motifs is 13. The van der Waals surface area contributed by atoms with Crippen LogP contribution in [0.1, 0.15) is 33.4 Å². The first-order valence-electron chi connectivity index (χ1n) is 21.3. The minimum absolute atomic E-state index is 0.0300. The van der Waals surface area contributed by atoms with Crippen LogP contribution in [-0.4, -0.2) is 15.8 Å². The number of hydrogen-bond donors (Lipinski definition) is 0. The molecular formula is C57H35BN2. The second kappa shape index (κ2) is 10.6. The molecule has 3 heteroatoms. The molecule has 0 amide bonds. The van der Waals surface area contributed by atoms with Crippen molar-refractivity contribution in [1.29, 1.82) is 0 Å². The van der Waals surface area contributed by atoms with Crippen molar-refractivity contribution in [2.45, 2.75) is 19.3 Å². The first-order valence-corrected chi connectivity index (χ1v) is 21.3. The van der Waals surface area contributed by atoms with Gasteiger partial charge in [-0.25, -0.2) is 0 Å². The average molecular weight is 759 g/mol. The summed E-state index contributed by atoms with van der Waals surface area (Å²) in [6.07, 6.45) is 0. The van der Waals surface area contributed by atoms with E-state index >= 15 is 0 Å². The quantitative estimate of drug-likeness (QED) is 0.155. The fourth-order valence-electron chi connectivity index (χ4n) is 12.8. The third-order valence-electron chi connectivity index (χ3n) is 14.9. The Balaban J connectivity index is 1.23. The van der Waals surface area contributed by atoms with Crippen LogP contribution in [0, 0.1) is 13.8 Å². The molecule has 0 bridgehead atoms. The normalized spacial score (nSPS) is 14.3. The van der Waals surface area contributed by atoms with E-state index in [1.807, 2.05) is 0 Å². The Kier molecular flexibility index (Phi) is 5.60. The van der Waals surface area contributed by atoms with E-state index in [4.69, 9.17) is 0 Å². The van der Waals surface area contributed by atoms with E-state index in [0.717, 1.165) is 0 Å². The molecule has 0 saturated carbocycles. The van der Waals surface area contributed by atoms with Gasteiger partial charge in [0, 0.05) is 38.6 Å². The highest BCUT2D eigenvalue weighted by molar-refractivity contribution is 7.00. The van der Waals surface area contributed by atoms with Crippen molar-refractivity contribution in [3.63, 3.8) is 0 Å². The lowest BCUT2D eigenvalue weighted by Crippen LogP contribution is -2.60. The number of nitrogens with zero attached hydrogens (tertiary/aromatic N) is 2. The predicted molar refractivity (Wildman–Crippen MR) is 251 cm³/mol. The van der Waals surface area contributed by atoms with Gasteiger partial charge in [-0.2, -0.15) is 0 Å². The van der Waals surface area contributed by atoms with Gasteiger partial charge in [0.05, 0.1) is 22.1 Å². The van der Waals surface area contributed by atoms with E-state index in [1.54, 1.807) is 0 Å². The number of benzene rings is 9. The lowest BCUT2D eigenvalue weighted by molar-refractivity contribution is 0.749. The molecule has 0 fully saturated rings. The van der Waals surface area contributed by atoms with Crippen LogP contribution in [0.15, 0.2) is 176 Å². The maximum atomic E-state index is 2.74. The Morgan fingerprint density at radius 3 is 1.80 bits per heavy atom. The van der Waals surface area contributed by atoms with Crippen molar-refractivity contribution in [2.24, 2.45) is 0 Å². The largest absolute Gasteiger partial charge is 0.310 e. The Labute approximate surface area is 347 Å². The van der Waals surface area contributed by atoms with E-state index in [9.17, 15) is 0 Å². The first-order chi connectivity index (χ1) is 29.7. The smallest absolute Gasteiger partial charge is 0.252 e. The minimum atomic E-state index is -0.489. The van der Waals surface area contributed by atoms with E-state index in [1.165, 1.54) is 138 Å². The molecule has 0 unspecified atom stereocenters. The van der Waals surface area contributed by atoms with Crippen LogP contribution in [0.25, 0.3) is 88.4 Å². The molecule has 11 aromatic rings. The first kappa shape index (κ1) is 31.6. The SMILES string of the molecule is Cc1ccc2c3c1c1c(C)ccc4c1n3-c1c(ccc3c1B2c1cc2ccccc2c2c(-c5ccccc5)c(-c5ccccc5)n-3c12)C41c2ccccc2-c2ccccc21. The molecule has 9 aromatic carbocycles. The molecule has 3 aliphatic heterocycles. The lowest BCUT2D eigenvalue weighted by atomic mass is 9.33. The van der Waals surface area contributed by atoms with Crippen LogP contribution in [-0.2, 0) is 5.41 Å². The maximum Gasteiger partial charge on any atom is 0.252 e. The molecular weight excluding hydrogens is 723 g/mol. The Morgan fingerprint density at radius 1 is 0.450 bits per heavy atom. The van der Waals surface area contributed by atoms with E-state index < -0.39 is 5.41 Å². The monoisotopic (exact) mass is 758 g/mol. The third-order valence-corrected chi connectivity index (χ3v) is 14.9. The summed E-state index contributed by atoms with van der Waals surface area (Å²) in [6.45, 7) is 4.69. The second-order valence-electron chi connectivity index (χ2n) is 17.6. The molecule has 1 spiro atoms. The maximum absolute atomic E-state index is 2.74. The highest BCUT2D eigenvalue weighted by Gasteiger charge is 2.54. The summed E-state index contributed by atoms with van der Waals surface area (Å²) in [4.78, 5) is 0. The molecule has 0 atom stereocenters. The zero-order chi connectivity index (χ0) is 39.2. The van der Waals surface area contributed by atoms with Crippen LogP contribution in [0.5, 0.6) is 0 Å². The lowest BCUT2D eigenvalue weighted by Gasteiger charge is -2.44. The number of rotatable bonds is 2. The Morgan fingerprint density at radius 2 is 1.05 bits per heavy atom. The number of hydrogen-bond acceptors (Lipinski definition) is 0. The topological polar surface area (TPSA) is 9.86 Å². The molecule has 2 nitrogen and oxygen atoms in total. The highest BCUT2D eigenvalue weighted by atomic mass is 15.1. The average Bonchev–Trinajstić information content (AvgIpc) is 3.95. The molecule has 4 aliphatic rings. The van der Waals surface area contributed by atoms with Gasteiger partial charge in [0.2, 0.25) is 0 Å². The van der Waals surface area contributed by atoms with Crippen LogP contribution in [0.4, 0.5) is 0 Å². The van der Waals surface area contributed by atoms with Gasteiger partial charge in [0.1, 0.15) is 0 Å². The fourth-order valence-corrected chi connectivity index (χ4v) is 12.8. The molecule has 0 N–H and O–H groups in total. The summed E-state index contributed by atoms with van der Waals surface area (Å²) in [5, 5.41) is 6.70. The van der Waals surface area contributed by atoms with Gasteiger partial charge in [-0.15, -0.1) is 0 Å². The summed E-state index contributed by atoms with van der Waals surface area (Å²) in [7, 11) is 0. The third kappa shape index (κ3) is 3.36. The molecule has 15 rings (SSSR count). The van der Waals surface area contributed by atoms with Crippen molar-refractivity contribution in [1.82, 2.24) is 9.13 Å². The van der Waals surface area contributed by atoms with Gasteiger partial charge in [0.15, 0.2) is 0 Å². The highest BCUT2D eigenvalue weighted by Crippen LogP contribution is 2.62. The predicted octanol–water partition coefficient (Wildman–Crippen LogP) is 11.7. The van der Waals surface area contributed by atoms with E-state index in [0.29, 0.717) is 0 Å². The van der Waals surface area contributed by atoms with Gasteiger partial charge in [-0.1, -0.05) is 170 Å². The van der Waals surface area contributed by atoms with Gasteiger partial charge in [0.25, 0.3) is 6.71 Å². The summed E-state index contributed by atoms with van der Waals surface area (Å²) in [6, 6.07) is 67.2. The molecule has 60 heavy (non-hydrogen) atoms. The zero-order valence-electron chi connectivity index (χ0n) is 33.2. The molecule has 276 valence electrons. The Hall–Kier alpha value is -7.36. The van der Waals surface area contributed by atoms with Crippen LogP contribution < -0.4 is 16.4 Å². The van der Waals surface area contributed by atoms with Gasteiger partial charge in [-0.3, -0.25) is 0 Å². The molecule has 1 aliphatic carbocycles. The van der Waals surface area contributed by atoms with Gasteiger partial charge < -0.3 is 9.13 Å². The van der Waals surface area contributed by atoms with Crippen molar-refractivity contribution >= 4 is 66.6 Å². The minimum Gasteiger partial charge on any atom is -0.310 e. The van der Waals surface area contributed by atoms with E-state index in [-0.39, 0.29) is 6.71 Å². The fraction of sp³-hybridized carbons (Fsp3) is 0.0526. The molecule has 0 radical (unpaired) electrons. The summed E-state index contributed by atoms with van der Waals surface area (Å²) < 4.78 is 5.41. The van der Waals surface area contributed by atoms with Crippen molar-refractivity contribution in [3.8, 4) is 44.9 Å². The Bertz CT molecular complexity index is 3750. The zero-order valence-corrected chi connectivity index (χ0v) is 33.2. The van der Waals surface area contributed by atoms with Crippen molar-refractivity contribution in [2.75, 3.05) is 0 Å². The van der Waals surface area contributed by atoms with E-state index in [2.05, 4.69) is 199 Å². The van der Waals surface area contributed by atoms with Gasteiger partial charge >= 0.3 is 0 Å². The van der Waals surface area contributed by atoms with Crippen LogP contribution in [0.3, 0.4) is 0 Å². The number of aromatic nitrogens is 2.